The lowest BCUT2D eigenvalue weighted by Crippen LogP contribution is -2.15. The van der Waals surface area contributed by atoms with Crippen LogP contribution in [0.4, 0.5) is 5.69 Å². The number of hydrogen-bond donors (Lipinski definition) is 2. The van der Waals surface area contributed by atoms with Crippen LogP contribution in [0.3, 0.4) is 0 Å². The summed E-state index contributed by atoms with van der Waals surface area (Å²) in [6, 6.07) is 13.9. The summed E-state index contributed by atoms with van der Waals surface area (Å²) in [6.07, 6.45) is 0. The molecule has 25 heavy (non-hydrogen) atoms. The van der Waals surface area contributed by atoms with Gasteiger partial charge in [-0.25, -0.2) is 10.1 Å². The van der Waals surface area contributed by atoms with Crippen LogP contribution < -0.4 is 5.32 Å². The normalized spacial score (nSPS) is 11.3. The highest BCUT2D eigenvalue weighted by atomic mass is 32.2. The van der Waals surface area contributed by atoms with Gasteiger partial charge in [-0.2, -0.15) is 0 Å². The third-order valence-corrected chi connectivity index (χ3v) is 4.94. The fraction of sp³-hybridized carbons (Fsp3) is 0.167. The molecule has 0 saturated carbocycles. The lowest BCUT2D eigenvalue weighted by molar-refractivity contribution is -0.113. The largest absolute Gasteiger partial charge is 0.325 e. The number of nitrogens with one attached hydrogen (secondary N) is 2. The Balaban J connectivity index is 1.52. The van der Waals surface area contributed by atoms with Crippen LogP contribution in [0.5, 0.6) is 0 Å². The number of anilines is 1. The van der Waals surface area contributed by atoms with Crippen molar-refractivity contribution in [3.05, 3.63) is 53.6 Å². The van der Waals surface area contributed by atoms with Crippen molar-refractivity contribution in [2.24, 2.45) is 0 Å². The maximum atomic E-state index is 12.3. The van der Waals surface area contributed by atoms with Crippen molar-refractivity contribution in [2.45, 2.75) is 19.0 Å². The SMILES string of the molecule is Cc1ccc(C)c(NC(=O)CSc2n[nH]c3nc4ccccc4n23)c1. The van der Waals surface area contributed by atoms with Crippen molar-refractivity contribution in [1.82, 2.24) is 19.6 Å². The molecule has 0 aliphatic heterocycles. The molecule has 0 unspecified atom stereocenters. The highest BCUT2D eigenvalue weighted by Gasteiger charge is 2.13. The van der Waals surface area contributed by atoms with E-state index in [1.807, 2.05) is 60.7 Å². The zero-order chi connectivity index (χ0) is 17.4. The minimum atomic E-state index is -0.0562. The van der Waals surface area contributed by atoms with Crippen molar-refractivity contribution in [2.75, 3.05) is 11.1 Å². The van der Waals surface area contributed by atoms with E-state index in [1.165, 1.54) is 11.8 Å². The van der Waals surface area contributed by atoms with Crippen molar-refractivity contribution in [3.63, 3.8) is 0 Å². The van der Waals surface area contributed by atoms with Gasteiger partial charge in [-0.3, -0.25) is 9.20 Å². The third-order valence-electron chi connectivity index (χ3n) is 4.00. The molecule has 4 rings (SSSR count). The second-order valence-corrected chi connectivity index (χ2v) is 6.86. The van der Waals surface area contributed by atoms with Gasteiger partial charge in [0.25, 0.3) is 0 Å². The number of H-pyrrole nitrogens is 1. The Kier molecular flexibility index (Phi) is 3.93. The molecule has 2 N–H and O–H groups in total. The first-order chi connectivity index (χ1) is 12.1. The second kappa shape index (κ2) is 6.25. The Morgan fingerprint density at radius 1 is 1.24 bits per heavy atom. The molecule has 4 aromatic rings. The number of nitrogens with zero attached hydrogens (tertiary/aromatic N) is 3. The van der Waals surface area contributed by atoms with Gasteiger partial charge in [-0.1, -0.05) is 36.0 Å². The Morgan fingerprint density at radius 2 is 2.08 bits per heavy atom. The summed E-state index contributed by atoms with van der Waals surface area (Å²) in [5.41, 5.74) is 4.89. The summed E-state index contributed by atoms with van der Waals surface area (Å²) in [5.74, 6) is 0.901. The van der Waals surface area contributed by atoms with Gasteiger partial charge >= 0.3 is 0 Å². The lowest BCUT2D eigenvalue weighted by Gasteiger charge is -2.08. The minimum Gasteiger partial charge on any atom is -0.325 e. The molecule has 0 spiro atoms. The molecular weight excluding hydrogens is 334 g/mol. The molecule has 6 nitrogen and oxygen atoms in total. The predicted molar refractivity (Wildman–Crippen MR) is 100 cm³/mol. The number of carbonyl (C=O) groups is 1. The first-order valence-electron chi connectivity index (χ1n) is 7.93. The number of rotatable bonds is 4. The zero-order valence-electron chi connectivity index (χ0n) is 13.9. The molecule has 0 radical (unpaired) electrons. The van der Waals surface area contributed by atoms with E-state index in [9.17, 15) is 4.79 Å². The lowest BCUT2D eigenvalue weighted by atomic mass is 10.1. The molecule has 0 atom stereocenters. The van der Waals surface area contributed by atoms with E-state index in [0.29, 0.717) is 5.78 Å². The van der Waals surface area contributed by atoms with Gasteiger partial charge in [0, 0.05) is 5.69 Å². The minimum absolute atomic E-state index is 0.0562. The molecule has 126 valence electrons. The van der Waals surface area contributed by atoms with Crippen LogP contribution >= 0.6 is 11.8 Å². The summed E-state index contributed by atoms with van der Waals surface area (Å²) in [7, 11) is 0. The molecule has 2 aromatic heterocycles. The van der Waals surface area contributed by atoms with Gasteiger partial charge in [-0.15, -0.1) is 5.10 Å². The molecule has 0 aliphatic carbocycles. The molecule has 7 heteroatoms. The second-order valence-electron chi connectivity index (χ2n) is 5.92. The van der Waals surface area contributed by atoms with E-state index < -0.39 is 0 Å². The maximum absolute atomic E-state index is 12.3. The van der Waals surface area contributed by atoms with Crippen molar-refractivity contribution in [3.8, 4) is 0 Å². The number of aryl methyl sites for hydroxylation is 2. The highest BCUT2D eigenvalue weighted by molar-refractivity contribution is 7.99. The molecule has 1 amide bonds. The summed E-state index contributed by atoms with van der Waals surface area (Å²) in [4.78, 5) is 16.8. The zero-order valence-corrected chi connectivity index (χ0v) is 14.7. The molecule has 0 fully saturated rings. The van der Waals surface area contributed by atoms with E-state index in [1.54, 1.807) is 0 Å². The number of aromatic amines is 1. The van der Waals surface area contributed by atoms with Gasteiger partial charge in [0.2, 0.25) is 11.7 Å². The van der Waals surface area contributed by atoms with E-state index in [0.717, 1.165) is 33.0 Å². The molecular formula is C18H17N5OS. The van der Waals surface area contributed by atoms with Crippen LogP contribution in [0, 0.1) is 13.8 Å². The third kappa shape index (κ3) is 2.98. The molecule has 2 aromatic carbocycles. The number of fused-ring (bicyclic) bond motifs is 3. The maximum Gasteiger partial charge on any atom is 0.234 e. The Morgan fingerprint density at radius 3 is 2.96 bits per heavy atom. The van der Waals surface area contributed by atoms with Crippen molar-refractivity contribution >= 4 is 40.2 Å². The topological polar surface area (TPSA) is 75.1 Å². The average Bonchev–Trinajstić information content (AvgIpc) is 3.15. The first kappa shape index (κ1) is 15.7. The molecule has 0 bridgehead atoms. The fourth-order valence-electron chi connectivity index (χ4n) is 2.73. The van der Waals surface area contributed by atoms with Crippen LogP contribution in [-0.4, -0.2) is 31.2 Å². The quantitative estimate of drug-likeness (QED) is 0.551. The number of amides is 1. The van der Waals surface area contributed by atoms with E-state index >= 15 is 0 Å². The smallest absolute Gasteiger partial charge is 0.234 e. The Bertz CT molecular complexity index is 1080. The monoisotopic (exact) mass is 351 g/mol. The van der Waals surface area contributed by atoms with E-state index in [2.05, 4.69) is 20.5 Å². The van der Waals surface area contributed by atoms with Crippen molar-refractivity contribution in [1.29, 1.82) is 0 Å². The molecule has 2 heterocycles. The van der Waals surface area contributed by atoms with E-state index in [-0.39, 0.29) is 11.7 Å². The van der Waals surface area contributed by atoms with Gasteiger partial charge < -0.3 is 5.32 Å². The van der Waals surface area contributed by atoms with Crippen LogP contribution in [0.1, 0.15) is 11.1 Å². The number of thioether (sulfide) groups is 1. The fourth-order valence-corrected chi connectivity index (χ4v) is 3.48. The molecule has 0 aliphatic rings. The summed E-state index contributed by atoms with van der Waals surface area (Å²) in [6.45, 7) is 3.99. The highest BCUT2D eigenvalue weighted by Crippen LogP contribution is 2.23. The number of para-hydroxylation sites is 2. The number of aromatic nitrogens is 4. The predicted octanol–water partition coefficient (Wildman–Crippen LogP) is 3.56. The average molecular weight is 351 g/mol. The number of imidazole rings is 1. The van der Waals surface area contributed by atoms with Crippen LogP contribution in [-0.2, 0) is 4.79 Å². The Labute approximate surface area is 148 Å². The van der Waals surface area contributed by atoms with E-state index in [4.69, 9.17) is 0 Å². The number of carbonyl (C=O) groups excluding carboxylic acids is 1. The Hall–Kier alpha value is -2.80. The summed E-state index contributed by atoms with van der Waals surface area (Å²) >= 11 is 1.38. The standard InChI is InChI=1S/C18H17N5OS/c1-11-7-8-12(2)14(9-11)19-16(24)10-25-18-22-21-17-20-13-5-3-4-6-15(13)23(17)18/h3-9H,10H2,1-2H3,(H,19,24)(H,20,21). The van der Waals surface area contributed by atoms with Gasteiger partial charge in [0.1, 0.15) is 0 Å². The number of hydrogen-bond acceptors (Lipinski definition) is 4. The summed E-state index contributed by atoms with van der Waals surface area (Å²) in [5, 5.41) is 10.9. The molecule has 0 saturated heterocycles. The van der Waals surface area contributed by atoms with Gasteiger partial charge in [-0.05, 0) is 43.2 Å². The van der Waals surface area contributed by atoms with Gasteiger partial charge in [0.15, 0.2) is 5.16 Å². The van der Waals surface area contributed by atoms with Crippen LogP contribution in [0.25, 0.3) is 16.8 Å². The van der Waals surface area contributed by atoms with Crippen LogP contribution in [0.15, 0.2) is 47.6 Å². The summed E-state index contributed by atoms with van der Waals surface area (Å²) < 4.78 is 1.94. The van der Waals surface area contributed by atoms with Crippen molar-refractivity contribution < 1.29 is 4.79 Å². The number of benzene rings is 2. The first-order valence-corrected chi connectivity index (χ1v) is 8.92. The van der Waals surface area contributed by atoms with Gasteiger partial charge in [0.05, 0.1) is 16.8 Å². The van der Waals surface area contributed by atoms with Crippen LogP contribution in [0.2, 0.25) is 0 Å².